The van der Waals surface area contributed by atoms with Crippen LogP contribution >= 0.6 is 0 Å². The first-order valence-corrected chi connectivity index (χ1v) is 6.35. The van der Waals surface area contributed by atoms with Gasteiger partial charge in [0.15, 0.2) is 0 Å². The van der Waals surface area contributed by atoms with Gasteiger partial charge in [0.25, 0.3) is 0 Å². The first-order chi connectivity index (χ1) is 7.72. The summed E-state index contributed by atoms with van der Waals surface area (Å²) in [5, 5.41) is 3.54. The van der Waals surface area contributed by atoms with Crippen LogP contribution in [0.3, 0.4) is 0 Å². The van der Waals surface area contributed by atoms with E-state index in [0.29, 0.717) is 6.04 Å². The molecule has 1 atom stereocenters. The predicted octanol–water partition coefficient (Wildman–Crippen LogP) is 0.248. The van der Waals surface area contributed by atoms with Gasteiger partial charge >= 0.3 is 0 Å². The number of nitrogens with one attached hydrogen (secondary N) is 1. The Balaban J connectivity index is 1.98. The SMILES string of the molecule is COCCC(C)NCCN1CCN(C)CC1. The van der Waals surface area contributed by atoms with Crippen molar-refractivity contribution in [2.45, 2.75) is 19.4 Å². The molecule has 1 unspecified atom stereocenters. The number of ether oxygens (including phenoxy) is 1. The number of rotatable bonds is 7. The van der Waals surface area contributed by atoms with E-state index in [1.54, 1.807) is 7.11 Å². The van der Waals surface area contributed by atoms with Crippen molar-refractivity contribution in [2.24, 2.45) is 0 Å². The van der Waals surface area contributed by atoms with Crippen molar-refractivity contribution in [3.63, 3.8) is 0 Å². The standard InChI is InChI=1S/C12H27N3O/c1-12(4-11-16-3)13-5-6-15-9-7-14(2)8-10-15/h12-13H,4-11H2,1-3H3. The largest absolute Gasteiger partial charge is 0.385 e. The van der Waals surface area contributed by atoms with Crippen molar-refractivity contribution in [2.75, 3.05) is 60.0 Å². The maximum atomic E-state index is 5.06. The molecule has 0 aromatic carbocycles. The molecule has 0 amide bonds. The summed E-state index contributed by atoms with van der Waals surface area (Å²) in [6.07, 6.45) is 1.10. The Morgan fingerprint density at radius 1 is 1.25 bits per heavy atom. The third kappa shape index (κ3) is 5.80. The zero-order valence-corrected chi connectivity index (χ0v) is 11.0. The predicted molar refractivity (Wildman–Crippen MR) is 67.9 cm³/mol. The van der Waals surface area contributed by atoms with Gasteiger partial charge in [-0.15, -0.1) is 0 Å². The first kappa shape index (κ1) is 13.9. The van der Waals surface area contributed by atoms with Gasteiger partial charge in [0, 0.05) is 59.0 Å². The number of hydrogen-bond acceptors (Lipinski definition) is 4. The summed E-state index contributed by atoms with van der Waals surface area (Å²) in [4.78, 5) is 4.93. The second kappa shape index (κ2) is 8.01. The maximum Gasteiger partial charge on any atom is 0.0476 e. The third-order valence-electron chi connectivity index (χ3n) is 3.27. The Morgan fingerprint density at radius 2 is 1.94 bits per heavy atom. The molecule has 0 spiro atoms. The highest BCUT2D eigenvalue weighted by Crippen LogP contribution is 1.98. The average molecular weight is 229 g/mol. The average Bonchev–Trinajstić information content (AvgIpc) is 2.29. The topological polar surface area (TPSA) is 27.7 Å². The molecule has 0 bridgehead atoms. The van der Waals surface area contributed by atoms with Crippen LogP contribution in [0.4, 0.5) is 0 Å². The molecule has 0 aromatic rings. The minimum absolute atomic E-state index is 0.562. The van der Waals surface area contributed by atoms with E-state index in [2.05, 4.69) is 29.1 Å². The molecule has 1 rings (SSSR count). The second-order valence-electron chi connectivity index (χ2n) is 4.78. The molecule has 0 saturated carbocycles. The fourth-order valence-electron chi connectivity index (χ4n) is 1.94. The second-order valence-corrected chi connectivity index (χ2v) is 4.78. The Hall–Kier alpha value is -0.160. The fourth-order valence-corrected chi connectivity index (χ4v) is 1.94. The summed E-state index contributed by atoms with van der Waals surface area (Å²) in [6.45, 7) is 10.2. The van der Waals surface area contributed by atoms with Crippen LogP contribution in [0.15, 0.2) is 0 Å². The molecule has 1 aliphatic rings. The number of methoxy groups -OCH3 is 1. The zero-order chi connectivity index (χ0) is 11.8. The van der Waals surface area contributed by atoms with Gasteiger partial charge in [0.1, 0.15) is 0 Å². The number of nitrogens with zero attached hydrogens (tertiary/aromatic N) is 2. The van der Waals surface area contributed by atoms with Crippen molar-refractivity contribution >= 4 is 0 Å². The van der Waals surface area contributed by atoms with Gasteiger partial charge in [0.2, 0.25) is 0 Å². The van der Waals surface area contributed by atoms with Gasteiger partial charge in [-0.05, 0) is 20.4 Å². The van der Waals surface area contributed by atoms with Gasteiger partial charge in [-0.25, -0.2) is 0 Å². The van der Waals surface area contributed by atoms with E-state index in [9.17, 15) is 0 Å². The molecule has 4 nitrogen and oxygen atoms in total. The van der Waals surface area contributed by atoms with Gasteiger partial charge in [-0.3, -0.25) is 4.90 Å². The van der Waals surface area contributed by atoms with Crippen molar-refractivity contribution < 1.29 is 4.74 Å². The van der Waals surface area contributed by atoms with E-state index >= 15 is 0 Å². The molecule has 4 heteroatoms. The minimum atomic E-state index is 0.562. The Morgan fingerprint density at radius 3 is 2.56 bits per heavy atom. The molecule has 1 N–H and O–H groups in total. The van der Waals surface area contributed by atoms with Gasteiger partial charge < -0.3 is 15.0 Å². The zero-order valence-electron chi connectivity index (χ0n) is 11.0. The van der Waals surface area contributed by atoms with Gasteiger partial charge in [-0.1, -0.05) is 0 Å². The molecule has 1 fully saturated rings. The molecule has 1 heterocycles. The third-order valence-corrected chi connectivity index (χ3v) is 3.27. The van der Waals surface area contributed by atoms with E-state index in [1.165, 1.54) is 32.7 Å². The van der Waals surface area contributed by atoms with E-state index in [-0.39, 0.29) is 0 Å². The van der Waals surface area contributed by atoms with Crippen molar-refractivity contribution in [1.82, 2.24) is 15.1 Å². The van der Waals surface area contributed by atoms with Crippen LogP contribution in [-0.2, 0) is 4.74 Å². The lowest BCUT2D eigenvalue weighted by Gasteiger charge is -2.32. The molecule has 16 heavy (non-hydrogen) atoms. The maximum absolute atomic E-state index is 5.06. The quantitative estimate of drug-likeness (QED) is 0.677. The number of hydrogen-bond donors (Lipinski definition) is 1. The molecule has 0 aromatic heterocycles. The highest BCUT2D eigenvalue weighted by molar-refractivity contribution is 4.70. The van der Waals surface area contributed by atoms with E-state index < -0.39 is 0 Å². The van der Waals surface area contributed by atoms with E-state index in [1.807, 2.05) is 0 Å². The summed E-state index contributed by atoms with van der Waals surface area (Å²) in [7, 11) is 3.96. The van der Waals surface area contributed by atoms with Gasteiger partial charge in [0.05, 0.1) is 0 Å². The molecular weight excluding hydrogens is 202 g/mol. The minimum Gasteiger partial charge on any atom is -0.385 e. The summed E-state index contributed by atoms with van der Waals surface area (Å²) in [5.74, 6) is 0. The van der Waals surface area contributed by atoms with Crippen LogP contribution in [0.5, 0.6) is 0 Å². The Kier molecular flexibility index (Phi) is 6.96. The van der Waals surface area contributed by atoms with Crippen molar-refractivity contribution in [3.05, 3.63) is 0 Å². The number of likely N-dealkylation sites (N-methyl/N-ethyl adjacent to an activating group) is 1. The van der Waals surface area contributed by atoms with Crippen LogP contribution in [0.2, 0.25) is 0 Å². The molecule has 96 valence electrons. The highest BCUT2D eigenvalue weighted by atomic mass is 16.5. The summed E-state index contributed by atoms with van der Waals surface area (Å²) in [5.41, 5.74) is 0. The highest BCUT2D eigenvalue weighted by Gasteiger charge is 2.12. The lowest BCUT2D eigenvalue weighted by atomic mass is 10.2. The lowest BCUT2D eigenvalue weighted by Crippen LogP contribution is -2.47. The van der Waals surface area contributed by atoms with Crippen LogP contribution in [0.25, 0.3) is 0 Å². The molecule has 1 aliphatic heterocycles. The first-order valence-electron chi connectivity index (χ1n) is 6.35. The molecular formula is C12H27N3O. The fraction of sp³-hybridized carbons (Fsp3) is 1.00. The molecule has 0 aliphatic carbocycles. The van der Waals surface area contributed by atoms with E-state index in [4.69, 9.17) is 4.74 Å². The Labute approximate surface area is 99.9 Å². The van der Waals surface area contributed by atoms with Crippen LogP contribution in [-0.4, -0.2) is 75.9 Å². The summed E-state index contributed by atoms with van der Waals surface area (Å²) < 4.78 is 5.06. The van der Waals surface area contributed by atoms with Gasteiger partial charge in [-0.2, -0.15) is 0 Å². The summed E-state index contributed by atoms with van der Waals surface area (Å²) >= 11 is 0. The monoisotopic (exact) mass is 229 g/mol. The van der Waals surface area contributed by atoms with Crippen molar-refractivity contribution in [3.8, 4) is 0 Å². The lowest BCUT2D eigenvalue weighted by molar-refractivity contribution is 0.151. The smallest absolute Gasteiger partial charge is 0.0476 e. The van der Waals surface area contributed by atoms with Crippen LogP contribution in [0.1, 0.15) is 13.3 Å². The summed E-state index contributed by atoms with van der Waals surface area (Å²) in [6, 6.07) is 0.562. The molecule has 0 radical (unpaired) electrons. The number of piperazine rings is 1. The molecule has 1 saturated heterocycles. The normalized spacial score (nSPS) is 21.2. The van der Waals surface area contributed by atoms with Crippen molar-refractivity contribution in [1.29, 1.82) is 0 Å². The van der Waals surface area contributed by atoms with Crippen LogP contribution in [0, 0.1) is 0 Å². The Bertz CT molecular complexity index is 170. The van der Waals surface area contributed by atoms with E-state index in [0.717, 1.165) is 19.6 Å². The van der Waals surface area contributed by atoms with Crippen LogP contribution < -0.4 is 5.32 Å².